The lowest BCUT2D eigenvalue weighted by Gasteiger charge is -2.10. The molecule has 0 saturated heterocycles. The van der Waals surface area contributed by atoms with E-state index in [1.165, 1.54) is 12.8 Å². The molecule has 0 aromatic carbocycles. The van der Waals surface area contributed by atoms with Crippen LogP contribution in [0, 0.1) is 12.8 Å². The van der Waals surface area contributed by atoms with Crippen LogP contribution in [-0.4, -0.2) is 32.5 Å². The van der Waals surface area contributed by atoms with E-state index in [-0.39, 0.29) is 6.10 Å². The Morgan fingerprint density at radius 1 is 1.53 bits per heavy atom. The van der Waals surface area contributed by atoms with Crippen molar-refractivity contribution in [2.45, 2.75) is 32.4 Å². The van der Waals surface area contributed by atoms with Crippen LogP contribution >= 0.6 is 0 Å². The van der Waals surface area contributed by atoms with Crippen LogP contribution in [0.25, 0.3) is 11.0 Å². The zero-order valence-corrected chi connectivity index (χ0v) is 11.4. The van der Waals surface area contributed by atoms with Gasteiger partial charge in [0.2, 0.25) is 0 Å². The van der Waals surface area contributed by atoms with Gasteiger partial charge in [-0.1, -0.05) is 0 Å². The van der Waals surface area contributed by atoms with E-state index in [0.29, 0.717) is 12.5 Å². The summed E-state index contributed by atoms with van der Waals surface area (Å²) in [6.07, 6.45) is 4.02. The summed E-state index contributed by atoms with van der Waals surface area (Å²) in [5.41, 5.74) is 3.05. The number of pyridine rings is 1. The summed E-state index contributed by atoms with van der Waals surface area (Å²) in [5.74, 6) is 0.522. The van der Waals surface area contributed by atoms with Crippen molar-refractivity contribution >= 4 is 11.0 Å². The van der Waals surface area contributed by atoms with Gasteiger partial charge in [-0.3, -0.25) is 4.68 Å². The highest BCUT2D eigenvalue weighted by atomic mass is 16.3. The summed E-state index contributed by atoms with van der Waals surface area (Å²) < 4.78 is 1.80. The summed E-state index contributed by atoms with van der Waals surface area (Å²) in [4.78, 5) is 4.44. The molecular weight excluding hydrogens is 240 g/mol. The molecule has 0 spiro atoms. The lowest BCUT2D eigenvalue weighted by Crippen LogP contribution is -2.27. The highest BCUT2D eigenvalue weighted by Crippen LogP contribution is 2.32. The highest BCUT2D eigenvalue weighted by Gasteiger charge is 2.29. The molecular formula is C14H20N4O. The number of rotatable bonds is 5. The van der Waals surface area contributed by atoms with Crippen LogP contribution in [-0.2, 0) is 13.6 Å². The molecule has 2 aromatic heterocycles. The van der Waals surface area contributed by atoms with E-state index in [0.717, 1.165) is 28.8 Å². The van der Waals surface area contributed by atoms with E-state index in [1.807, 2.05) is 20.2 Å². The van der Waals surface area contributed by atoms with Gasteiger partial charge in [-0.05, 0) is 37.3 Å². The summed E-state index contributed by atoms with van der Waals surface area (Å²) >= 11 is 0. The summed E-state index contributed by atoms with van der Waals surface area (Å²) in [6.45, 7) is 3.40. The highest BCUT2D eigenvalue weighted by molar-refractivity contribution is 5.78. The summed E-state index contributed by atoms with van der Waals surface area (Å²) in [7, 11) is 1.91. The molecule has 1 aliphatic carbocycles. The van der Waals surface area contributed by atoms with Crippen molar-refractivity contribution in [2.24, 2.45) is 13.0 Å². The van der Waals surface area contributed by atoms with Gasteiger partial charge in [-0.15, -0.1) is 0 Å². The van der Waals surface area contributed by atoms with Gasteiger partial charge >= 0.3 is 0 Å². The van der Waals surface area contributed by atoms with Gasteiger partial charge in [0.05, 0.1) is 11.8 Å². The van der Waals surface area contributed by atoms with Gasteiger partial charge in [0.15, 0.2) is 5.65 Å². The van der Waals surface area contributed by atoms with Crippen LogP contribution in [0.4, 0.5) is 0 Å². The van der Waals surface area contributed by atoms with Gasteiger partial charge in [0.25, 0.3) is 0 Å². The molecule has 1 fully saturated rings. The molecule has 0 radical (unpaired) electrons. The standard InChI is InChI=1S/C14H20N4O/c1-9-12-5-10(7-16-14(12)18(2)17-9)6-15-8-13(19)11-3-4-11/h5,7,11,13,15,19H,3-4,6,8H2,1-2H3. The number of aryl methyl sites for hydroxylation is 2. The zero-order valence-electron chi connectivity index (χ0n) is 11.4. The fourth-order valence-corrected chi connectivity index (χ4v) is 2.46. The lowest BCUT2D eigenvalue weighted by atomic mass is 10.2. The van der Waals surface area contributed by atoms with Gasteiger partial charge in [-0.2, -0.15) is 5.10 Å². The topological polar surface area (TPSA) is 63.0 Å². The third-order valence-electron chi connectivity index (χ3n) is 3.77. The second-order valence-electron chi connectivity index (χ2n) is 5.46. The van der Waals surface area contributed by atoms with Crippen LogP contribution in [0.15, 0.2) is 12.3 Å². The number of aromatic nitrogens is 3. The zero-order chi connectivity index (χ0) is 13.4. The smallest absolute Gasteiger partial charge is 0.157 e. The Hall–Kier alpha value is -1.46. The van der Waals surface area contributed by atoms with Crippen LogP contribution in [0.3, 0.4) is 0 Å². The summed E-state index contributed by atoms with van der Waals surface area (Å²) in [5, 5.41) is 18.6. The molecule has 1 unspecified atom stereocenters. The van der Waals surface area contributed by atoms with Crippen LogP contribution in [0.5, 0.6) is 0 Å². The maximum Gasteiger partial charge on any atom is 0.157 e. The number of fused-ring (bicyclic) bond motifs is 1. The van der Waals surface area contributed by atoms with Crippen molar-refractivity contribution in [2.75, 3.05) is 6.54 Å². The maximum absolute atomic E-state index is 9.79. The molecule has 5 nitrogen and oxygen atoms in total. The van der Waals surface area contributed by atoms with Gasteiger partial charge in [0, 0.05) is 31.7 Å². The largest absolute Gasteiger partial charge is 0.392 e. The first-order valence-corrected chi connectivity index (χ1v) is 6.82. The van der Waals surface area contributed by atoms with Crippen molar-refractivity contribution in [1.82, 2.24) is 20.1 Å². The van der Waals surface area contributed by atoms with Crippen molar-refractivity contribution in [3.63, 3.8) is 0 Å². The van der Waals surface area contributed by atoms with E-state index in [4.69, 9.17) is 0 Å². The van der Waals surface area contributed by atoms with E-state index >= 15 is 0 Å². The molecule has 3 rings (SSSR count). The minimum atomic E-state index is -0.197. The second-order valence-corrected chi connectivity index (χ2v) is 5.46. The number of nitrogens with one attached hydrogen (secondary N) is 1. The lowest BCUT2D eigenvalue weighted by molar-refractivity contribution is 0.148. The van der Waals surface area contributed by atoms with Crippen molar-refractivity contribution in [3.8, 4) is 0 Å². The number of nitrogens with zero attached hydrogens (tertiary/aromatic N) is 3. The minimum absolute atomic E-state index is 0.197. The molecule has 102 valence electrons. The Bertz CT molecular complexity index is 588. The predicted octanol–water partition coefficient (Wildman–Crippen LogP) is 1.14. The third-order valence-corrected chi connectivity index (χ3v) is 3.77. The van der Waals surface area contributed by atoms with Crippen LogP contribution in [0.2, 0.25) is 0 Å². The Kier molecular flexibility index (Phi) is 3.24. The number of aliphatic hydroxyl groups is 1. The molecule has 0 aliphatic heterocycles. The predicted molar refractivity (Wildman–Crippen MR) is 73.7 cm³/mol. The fourth-order valence-electron chi connectivity index (χ4n) is 2.46. The van der Waals surface area contributed by atoms with Crippen LogP contribution in [0.1, 0.15) is 24.1 Å². The minimum Gasteiger partial charge on any atom is -0.392 e. The number of hydrogen-bond acceptors (Lipinski definition) is 4. The third kappa shape index (κ3) is 2.62. The Balaban J connectivity index is 1.65. The first-order valence-electron chi connectivity index (χ1n) is 6.82. The van der Waals surface area contributed by atoms with E-state index in [9.17, 15) is 5.11 Å². The molecule has 5 heteroatoms. The molecule has 2 heterocycles. The van der Waals surface area contributed by atoms with Crippen LogP contribution < -0.4 is 5.32 Å². The van der Waals surface area contributed by atoms with Crippen molar-refractivity contribution < 1.29 is 5.11 Å². The van der Waals surface area contributed by atoms with Gasteiger partial charge < -0.3 is 10.4 Å². The number of hydrogen-bond donors (Lipinski definition) is 2. The van der Waals surface area contributed by atoms with E-state index in [1.54, 1.807) is 4.68 Å². The Labute approximate surface area is 112 Å². The molecule has 0 bridgehead atoms. The molecule has 0 amide bonds. The average Bonchev–Trinajstić information content (AvgIpc) is 3.18. The number of aliphatic hydroxyl groups excluding tert-OH is 1. The molecule has 1 saturated carbocycles. The second kappa shape index (κ2) is 4.90. The average molecular weight is 260 g/mol. The quantitative estimate of drug-likeness (QED) is 0.846. The SMILES string of the molecule is Cc1nn(C)c2ncc(CNCC(O)C3CC3)cc12. The van der Waals surface area contributed by atoms with Gasteiger partial charge in [-0.25, -0.2) is 4.98 Å². The van der Waals surface area contributed by atoms with Crippen molar-refractivity contribution in [1.29, 1.82) is 0 Å². The Morgan fingerprint density at radius 2 is 2.32 bits per heavy atom. The first-order chi connectivity index (χ1) is 9.15. The molecule has 2 aromatic rings. The molecule has 19 heavy (non-hydrogen) atoms. The van der Waals surface area contributed by atoms with Crippen molar-refractivity contribution in [3.05, 3.63) is 23.5 Å². The molecule has 1 aliphatic rings. The normalized spacial score (nSPS) is 17.0. The van der Waals surface area contributed by atoms with E-state index in [2.05, 4.69) is 21.5 Å². The first kappa shape index (κ1) is 12.6. The summed E-state index contributed by atoms with van der Waals surface area (Å²) in [6, 6.07) is 2.13. The Morgan fingerprint density at radius 3 is 3.05 bits per heavy atom. The maximum atomic E-state index is 9.79. The molecule has 1 atom stereocenters. The van der Waals surface area contributed by atoms with Gasteiger partial charge in [0.1, 0.15) is 0 Å². The fraction of sp³-hybridized carbons (Fsp3) is 0.571. The molecule has 2 N–H and O–H groups in total. The van der Waals surface area contributed by atoms with E-state index < -0.39 is 0 Å². The monoisotopic (exact) mass is 260 g/mol.